The summed E-state index contributed by atoms with van der Waals surface area (Å²) in [7, 11) is 0. The fraction of sp³-hybridized carbons (Fsp3) is 0.500. The summed E-state index contributed by atoms with van der Waals surface area (Å²) in [5, 5.41) is 29.7. The number of hydrogen-bond donors (Lipinski definition) is 3. The van der Waals surface area contributed by atoms with Crippen LogP contribution in [-0.2, 0) is 19.8 Å². The van der Waals surface area contributed by atoms with Crippen LogP contribution < -0.4 is 4.74 Å². The van der Waals surface area contributed by atoms with Crippen LogP contribution in [0.25, 0.3) is 5.57 Å². The first kappa shape index (κ1) is 26.1. The predicted octanol–water partition coefficient (Wildman–Crippen LogP) is 6.01. The summed E-state index contributed by atoms with van der Waals surface area (Å²) in [6.45, 7) is 8.63. The van der Waals surface area contributed by atoms with Crippen molar-refractivity contribution in [3.8, 4) is 5.75 Å². The number of rotatable bonds is 13. The zero-order valence-electron chi connectivity index (χ0n) is 20.1. The van der Waals surface area contributed by atoms with E-state index in [0.29, 0.717) is 6.61 Å². The number of benzene rings is 2. The Morgan fingerprint density at radius 2 is 1.72 bits per heavy atom. The maximum atomic E-state index is 10.8. The first-order valence-corrected chi connectivity index (χ1v) is 11.9. The molecule has 0 bridgehead atoms. The fourth-order valence-corrected chi connectivity index (χ4v) is 4.14. The van der Waals surface area contributed by atoms with Crippen LogP contribution >= 0.6 is 0 Å². The van der Waals surface area contributed by atoms with Crippen molar-refractivity contribution in [2.45, 2.75) is 85.2 Å². The molecule has 0 aromatic heterocycles. The maximum absolute atomic E-state index is 10.8. The molecule has 3 N–H and O–H groups in total. The molecule has 0 amide bonds. The van der Waals surface area contributed by atoms with E-state index in [0.717, 1.165) is 60.1 Å². The van der Waals surface area contributed by atoms with Crippen LogP contribution in [0.3, 0.4) is 0 Å². The van der Waals surface area contributed by atoms with Gasteiger partial charge in [0, 0.05) is 0 Å². The van der Waals surface area contributed by atoms with E-state index >= 15 is 0 Å². The average molecular weight is 441 g/mol. The summed E-state index contributed by atoms with van der Waals surface area (Å²) in [4.78, 5) is 0. The molecule has 0 fully saturated rings. The van der Waals surface area contributed by atoms with Gasteiger partial charge >= 0.3 is 0 Å². The Kier molecular flexibility index (Phi) is 10.4. The number of allylic oxidation sites excluding steroid dienone is 2. The number of hydrogen-bond acceptors (Lipinski definition) is 4. The Labute approximate surface area is 193 Å². The van der Waals surface area contributed by atoms with Crippen LogP contribution in [0.5, 0.6) is 5.75 Å². The molecule has 2 aromatic carbocycles. The molecular weight excluding hydrogens is 400 g/mol. The molecule has 4 nitrogen and oxygen atoms in total. The zero-order valence-corrected chi connectivity index (χ0v) is 20.1. The SMILES string of the molecule is CCC/C(=C\CC(C)C(O)(CC)CC)c1cccc(OCc2ccc(CO)c(CO)c2)c1. The molecule has 0 heterocycles. The number of aliphatic hydroxyl groups excluding tert-OH is 2. The molecule has 0 aliphatic carbocycles. The highest BCUT2D eigenvalue weighted by Gasteiger charge is 2.28. The molecule has 1 unspecified atom stereocenters. The lowest BCUT2D eigenvalue weighted by molar-refractivity contribution is -0.0178. The van der Waals surface area contributed by atoms with Crippen molar-refractivity contribution >= 4 is 5.57 Å². The van der Waals surface area contributed by atoms with E-state index in [1.807, 2.05) is 30.3 Å². The molecule has 1 atom stereocenters. The largest absolute Gasteiger partial charge is 0.489 e. The Morgan fingerprint density at radius 3 is 2.34 bits per heavy atom. The summed E-state index contributed by atoms with van der Waals surface area (Å²) < 4.78 is 6.04. The Bertz CT molecular complexity index is 867. The van der Waals surface area contributed by atoms with Crippen LogP contribution in [0.15, 0.2) is 48.5 Å². The van der Waals surface area contributed by atoms with E-state index < -0.39 is 5.60 Å². The van der Waals surface area contributed by atoms with Gasteiger partial charge in [-0.15, -0.1) is 0 Å². The first-order valence-electron chi connectivity index (χ1n) is 11.9. The van der Waals surface area contributed by atoms with Gasteiger partial charge in [-0.05, 0) is 77.6 Å². The van der Waals surface area contributed by atoms with Crippen molar-refractivity contribution in [1.29, 1.82) is 0 Å². The molecule has 0 spiro atoms. The molecule has 0 aliphatic rings. The average Bonchev–Trinajstić information content (AvgIpc) is 2.84. The van der Waals surface area contributed by atoms with Gasteiger partial charge in [-0.1, -0.05) is 64.5 Å². The lowest BCUT2D eigenvalue weighted by Crippen LogP contribution is -2.34. The van der Waals surface area contributed by atoms with Crippen molar-refractivity contribution in [2.24, 2.45) is 5.92 Å². The van der Waals surface area contributed by atoms with Crippen molar-refractivity contribution < 1.29 is 20.1 Å². The molecule has 32 heavy (non-hydrogen) atoms. The van der Waals surface area contributed by atoms with Crippen molar-refractivity contribution in [2.75, 3.05) is 0 Å². The Morgan fingerprint density at radius 1 is 1.00 bits per heavy atom. The maximum Gasteiger partial charge on any atom is 0.120 e. The molecule has 4 heteroatoms. The summed E-state index contributed by atoms with van der Waals surface area (Å²) in [6, 6.07) is 13.8. The third kappa shape index (κ3) is 6.93. The second kappa shape index (κ2) is 12.8. The van der Waals surface area contributed by atoms with E-state index in [4.69, 9.17) is 4.74 Å². The minimum atomic E-state index is -0.613. The molecule has 0 saturated carbocycles. The smallest absolute Gasteiger partial charge is 0.120 e. The van der Waals surface area contributed by atoms with Gasteiger partial charge in [0.05, 0.1) is 18.8 Å². The van der Waals surface area contributed by atoms with Crippen LogP contribution in [0.2, 0.25) is 0 Å². The third-order valence-electron chi connectivity index (χ3n) is 6.60. The molecular formula is C28H40O4. The normalized spacial score (nSPS) is 13.3. The number of aliphatic hydroxyl groups is 3. The minimum Gasteiger partial charge on any atom is -0.489 e. The van der Waals surface area contributed by atoms with E-state index in [1.165, 1.54) is 5.57 Å². The zero-order chi connectivity index (χ0) is 23.6. The summed E-state index contributed by atoms with van der Waals surface area (Å²) in [5.41, 5.74) is 4.24. The van der Waals surface area contributed by atoms with Gasteiger partial charge in [0.2, 0.25) is 0 Å². The highest BCUT2D eigenvalue weighted by atomic mass is 16.5. The molecule has 2 aromatic rings. The molecule has 0 saturated heterocycles. The minimum absolute atomic E-state index is 0.0852. The summed E-state index contributed by atoms with van der Waals surface area (Å²) in [6.07, 6.45) is 6.70. The van der Waals surface area contributed by atoms with Crippen molar-refractivity contribution in [3.05, 3.63) is 70.8 Å². The van der Waals surface area contributed by atoms with Crippen LogP contribution in [0.1, 0.15) is 82.1 Å². The summed E-state index contributed by atoms with van der Waals surface area (Å²) >= 11 is 0. The van der Waals surface area contributed by atoms with Gasteiger partial charge in [0.1, 0.15) is 12.4 Å². The van der Waals surface area contributed by atoms with Gasteiger partial charge in [-0.25, -0.2) is 0 Å². The first-order chi connectivity index (χ1) is 15.4. The third-order valence-corrected chi connectivity index (χ3v) is 6.60. The van der Waals surface area contributed by atoms with Gasteiger partial charge in [-0.3, -0.25) is 0 Å². The standard InChI is InChI=1S/C28H40O4/c1-5-9-23(14-12-21(4)28(31,6-2)7-3)24-10-8-11-27(17-24)32-20-22-13-15-25(18-29)26(16-22)19-30/h8,10-11,13-17,21,29-31H,5-7,9,12,18-20H2,1-4H3/b23-14+. The second-order valence-corrected chi connectivity index (χ2v) is 8.66. The quantitative estimate of drug-likeness (QED) is 0.357. The van der Waals surface area contributed by atoms with Gasteiger partial charge in [0.15, 0.2) is 0 Å². The monoisotopic (exact) mass is 440 g/mol. The highest BCUT2D eigenvalue weighted by Crippen LogP contribution is 2.31. The molecule has 0 radical (unpaired) electrons. The van der Waals surface area contributed by atoms with Gasteiger partial charge in [0.25, 0.3) is 0 Å². The van der Waals surface area contributed by atoms with E-state index in [2.05, 4.69) is 45.9 Å². The van der Waals surface area contributed by atoms with Crippen molar-refractivity contribution in [1.82, 2.24) is 0 Å². The van der Waals surface area contributed by atoms with E-state index in [-0.39, 0.29) is 19.1 Å². The van der Waals surface area contributed by atoms with Gasteiger partial charge < -0.3 is 20.1 Å². The molecule has 2 rings (SSSR count). The molecule has 0 aliphatic heterocycles. The fourth-order valence-electron chi connectivity index (χ4n) is 4.14. The Balaban J connectivity index is 2.14. The number of ether oxygens (including phenoxy) is 1. The molecule has 176 valence electrons. The Hall–Kier alpha value is -2.14. The van der Waals surface area contributed by atoms with Gasteiger partial charge in [-0.2, -0.15) is 0 Å². The van der Waals surface area contributed by atoms with Crippen LogP contribution in [-0.4, -0.2) is 20.9 Å². The summed E-state index contributed by atoms with van der Waals surface area (Å²) in [5.74, 6) is 0.999. The predicted molar refractivity (Wildman–Crippen MR) is 131 cm³/mol. The van der Waals surface area contributed by atoms with E-state index in [1.54, 1.807) is 0 Å². The van der Waals surface area contributed by atoms with E-state index in [9.17, 15) is 15.3 Å². The van der Waals surface area contributed by atoms with Crippen LogP contribution in [0.4, 0.5) is 0 Å². The lowest BCUT2D eigenvalue weighted by atomic mass is 9.81. The van der Waals surface area contributed by atoms with Crippen molar-refractivity contribution in [3.63, 3.8) is 0 Å². The highest BCUT2D eigenvalue weighted by molar-refractivity contribution is 5.66. The topological polar surface area (TPSA) is 69.9 Å². The second-order valence-electron chi connectivity index (χ2n) is 8.66. The van der Waals surface area contributed by atoms with Crippen LogP contribution in [0, 0.1) is 5.92 Å². The lowest BCUT2D eigenvalue weighted by Gasteiger charge is -2.32.